The minimum Gasteiger partial charge on any atom is -0.507 e. The van der Waals surface area contributed by atoms with E-state index < -0.39 is 0 Å². The van der Waals surface area contributed by atoms with Crippen LogP contribution in [0.25, 0.3) is 22.1 Å². The number of phenols is 1. The molecule has 3 N–H and O–H groups in total. The molecule has 2 aromatic carbocycles. The van der Waals surface area contributed by atoms with Crippen LogP contribution < -0.4 is 20.0 Å². The van der Waals surface area contributed by atoms with Crippen molar-refractivity contribution in [2.45, 2.75) is 13.5 Å². The molecule has 29 heavy (non-hydrogen) atoms. The molecule has 0 aliphatic carbocycles. The molecule has 6 nitrogen and oxygen atoms in total. The van der Waals surface area contributed by atoms with Crippen LogP contribution in [0.4, 0.5) is 0 Å². The minimum absolute atomic E-state index is 0.0899. The lowest BCUT2D eigenvalue weighted by Gasteiger charge is -2.29. The number of rotatable bonds is 5. The molecule has 0 spiro atoms. The number of likely N-dealkylation sites (N-methyl/N-ethyl adjacent to an activating group) is 1. The number of piperazine rings is 1. The Morgan fingerprint density at radius 1 is 1.03 bits per heavy atom. The zero-order valence-corrected chi connectivity index (χ0v) is 17.0. The van der Waals surface area contributed by atoms with Crippen molar-refractivity contribution >= 4 is 11.0 Å². The molecule has 1 aromatic heterocycles. The number of hydrogen-bond acceptors (Lipinski definition) is 4. The second-order valence-corrected chi connectivity index (χ2v) is 7.68. The quantitative estimate of drug-likeness (QED) is 0.587. The summed E-state index contributed by atoms with van der Waals surface area (Å²) >= 11 is 0. The number of methoxy groups -OCH3 is 1. The average molecular weight is 396 g/mol. The Balaban J connectivity index is 1.68. The highest BCUT2D eigenvalue weighted by Gasteiger charge is 2.25. The molecule has 3 aromatic rings. The SMILES string of the molecule is CC[NH+]1CC[NH+](Cc2c(O)ccc3c(=O)c(-c4ccc(OC)cc4)coc23)CC1. The summed E-state index contributed by atoms with van der Waals surface area (Å²) in [5.41, 5.74) is 2.40. The Bertz CT molecular complexity index is 1050. The fraction of sp³-hybridized carbons (Fsp3) is 0.348. The number of aromatic hydroxyl groups is 1. The van der Waals surface area contributed by atoms with Crippen molar-refractivity contribution in [3.05, 3.63) is 58.4 Å². The molecule has 2 heterocycles. The van der Waals surface area contributed by atoms with Crippen molar-refractivity contribution in [3.8, 4) is 22.6 Å². The molecule has 0 saturated carbocycles. The van der Waals surface area contributed by atoms with E-state index in [1.807, 2.05) is 24.3 Å². The molecule has 1 aliphatic rings. The molecule has 0 amide bonds. The van der Waals surface area contributed by atoms with E-state index in [1.165, 1.54) is 11.2 Å². The van der Waals surface area contributed by atoms with E-state index in [0.29, 0.717) is 23.1 Å². The number of ether oxygens (including phenoxy) is 1. The smallest absolute Gasteiger partial charge is 0.200 e. The van der Waals surface area contributed by atoms with Crippen LogP contribution >= 0.6 is 0 Å². The molecule has 0 radical (unpaired) electrons. The van der Waals surface area contributed by atoms with Crippen LogP contribution in [0, 0.1) is 0 Å². The highest BCUT2D eigenvalue weighted by molar-refractivity contribution is 5.85. The Kier molecular flexibility index (Phi) is 5.56. The lowest BCUT2D eigenvalue weighted by Crippen LogP contribution is -3.27. The van der Waals surface area contributed by atoms with Gasteiger partial charge in [-0.2, -0.15) is 0 Å². The zero-order chi connectivity index (χ0) is 20.4. The third-order valence-corrected chi connectivity index (χ3v) is 6.01. The largest absolute Gasteiger partial charge is 0.507 e. The lowest BCUT2D eigenvalue weighted by molar-refractivity contribution is -1.02. The summed E-state index contributed by atoms with van der Waals surface area (Å²) in [6.07, 6.45) is 1.50. The molecule has 4 rings (SSSR count). The van der Waals surface area contributed by atoms with E-state index in [9.17, 15) is 9.90 Å². The van der Waals surface area contributed by atoms with E-state index in [0.717, 1.165) is 49.6 Å². The normalized spacial score (nSPS) is 19.4. The first-order valence-corrected chi connectivity index (χ1v) is 10.2. The fourth-order valence-electron chi connectivity index (χ4n) is 4.13. The lowest BCUT2D eigenvalue weighted by atomic mass is 10.0. The van der Waals surface area contributed by atoms with Crippen LogP contribution in [0.3, 0.4) is 0 Å². The maximum Gasteiger partial charge on any atom is 0.200 e. The number of hydrogen-bond donors (Lipinski definition) is 3. The summed E-state index contributed by atoms with van der Waals surface area (Å²) in [5, 5.41) is 11.0. The van der Waals surface area contributed by atoms with Crippen LogP contribution in [-0.2, 0) is 6.54 Å². The summed E-state index contributed by atoms with van der Waals surface area (Å²) in [6, 6.07) is 10.6. The van der Waals surface area contributed by atoms with Gasteiger partial charge in [-0.05, 0) is 36.8 Å². The van der Waals surface area contributed by atoms with Crippen LogP contribution in [0.2, 0.25) is 0 Å². The van der Waals surface area contributed by atoms with Gasteiger partial charge in [0.2, 0.25) is 5.43 Å². The third kappa shape index (κ3) is 3.86. The van der Waals surface area contributed by atoms with Gasteiger partial charge in [-0.15, -0.1) is 0 Å². The van der Waals surface area contributed by atoms with E-state index in [2.05, 4.69) is 6.92 Å². The van der Waals surface area contributed by atoms with Crippen LogP contribution in [-0.4, -0.2) is 44.9 Å². The summed E-state index contributed by atoms with van der Waals surface area (Å²) < 4.78 is 11.1. The topological polar surface area (TPSA) is 68.5 Å². The van der Waals surface area contributed by atoms with Gasteiger partial charge in [-0.3, -0.25) is 4.79 Å². The second-order valence-electron chi connectivity index (χ2n) is 7.68. The standard InChI is InChI=1S/C23H26N2O4/c1-3-24-10-12-25(13-11-24)14-19-21(26)9-8-18-22(27)20(15-29-23(18)19)16-4-6-17(28-2)7-5-16/h4-9,15,26H,3,10-14H2,1-2H3/p+2. The first-order valence-electron chi connectivity index (χ1n) is 10.2. The van der Waals surface area contributed by atoms with E-state index in [4.69, 9.17) is 9.15 Å². The van der Waals surface area contributed by atoms with Gasteiger partial charge in [0.05, 0.1) is 30.2 Å². The molecule has 1 aliphatic heterocycles. The Labute approximate surface area is 169 Å². The van der Waals surface area contributed by atoms with Gasteiger partial charge in [0.25, 0.3) is 0 Å². The highest BCUT2D eigenvalue weighted by Crippen LogP contribution is 2.28. The monoisotopic (exact) mass is 396 g/mol. The maximum absolute atomic E-state index is 13.1. The van der Waals surface area contributed by atoms with Crippen molar-refractivity contribution < 1.29 is 24.1 Å². The zero-order valence-electron chi connectivity index (χ0n) is 17.0. The molecule has 1 fully saturated rings. The van der Waals surface area contributed by atoms with E-state index in [1.54, 1.807) is 24.1 Å². The number of quaternary nitrogens is 2. The maximum atomic E-state index is 13.1. The molecule has 0 atom stereocenters. The van der Waals surface area contributed by atoms with E-state index in [-0.39, 0.29) is 11.2 Å². The van der Waals surface area contributed by atoms with Crippen molar-refractivity contribution in [1.82, 2.24) is 0 Å². The molecule has 1 saturated heterocycles. The molecule has 6 heteroatoms. The van der Waals surface area contributed by atoms with Gasteiger partial charge in [0.1, 0.15) is 56.1 Å². The summed E-state index contributed by atoms with van der Waals surface area (Å²) in [5.74, 6) is 0.926. The van der Waals surface area contributed by atoms with Gasteiger partial charge in [0.15, 0.2) is 0 Å². The van der Waals surface area contributed by atoms with Crippen LogP contribution in [0.1, 0.15) is 12.5 Å². The highest BCUT2D eigenvalue weighted by atomic mass is 16.5. The fourth-order valence-corrected chi connectivity index (χ4v) is 4.13. The molecule has 0 bridgehead atoms. The van der Waals surface area contributed by atoms with Gasteiger partial charge >= 0.3 is 0 Å². The van der Waals surface area contributed by atoms with Gasteiger partial charge in [-0.25, -0.2) is 0 Å². The summed E-state index contributed by atoms with van der Waals surface area (Å²) in [6.45, 7) is 8.37. The molecular weight excluding hydrogens is 368 g/mol. The van der Waals surface area contributed by atoms with Gasteiger partial charge < -0.3 is 24.1 Å². The summed E-state index contributed by atoms with van der Waals surface area (Å²) in [7, 11) is 1.61. The third-order valence-electron chi connectivity index (χ3n) is 6.01. The Hall–Kier alpha value is -2.83. The predicted molar refractivity (Wildman–Crippen MR) is 112 cm³/mol. The first kappa shape index (κ1) is 19.5. The predicted octanol–water partition coefficient (Wildman–Crippen LogP) is 0.478. The van der Waals surface area contributed by atoms with Crippen molar-refractivity contribution in [2.24, 2.45) is 0 Å². The van der Waals surface area contributed by atoms with Crippen molar-refractivity contribution in [3.63, 3.8) is 0 Å². The van der Waals surface area contributed by atoms with Crippen LogP contribution in [0.15, 0.2) is 51.9 Å². The van der Waals surface area contributed by atoms with Crippen LogP contribution in [0.5, 0.6) is 11.5 Å². The minimum atomic E-state index is -0.0899. The number of phenolic OH excluding ortho intramolecular Hbond substituents is 1. The first-order chi connectivity index (χ1) is 14.1. The average Bonchev–Trinajstić information content (AvgIpc) is 2.76. The van der Waals surface area contributed by atoms with Crippen molar-refractivity contribution in [2.75, 3.05) is 39.8 Å². The van der Waals surface area contributed by atoms with Gasteiger partial charge in [0, 0.05) is 0 Å². The van der Waals surface area contributed by atoms with E-state index >= 15 is 0 Å². The molecule has 0 unspecified atom stereocenters. The summed E-state index contributed by atoms with van der Waals surface area (Å²) in [4.78, 5) is 16.2. The van der Waals surface area contributed by atoms with Crippen molar-refractivity contribution in [1.29, 1.82) is 0 Å². The van der Waals surface area contributed by atoms with Gasteiger partial charge in [-0.1, -0.05) is 12.1 Å². The second kappa shape index (κ2) is 8.27. The Morgan fingerprint density at radius 2 is 1.72 bits per heavy atom. The Morgan fingerprint density at radius 3 is 2.38 bits per heavy atom. The molecule has 152 valence electrons. The number of fused-ring (bicyclic) bond motifs is 1. The number of nitrogens with one attached hydrogen (secondary N) is 2. The molecular formula is C23H28N2O4+2. The number of benzene rings is 2.